The molecule has 1 aromatic carbocycles. The van der Waals surface area contributed by atoms with Gasteiger partial charge in [-0.25, -0.2) is 0 Å². The molecule has 0 amide bonds. The predicted octanol–water partition coefficient (Wildman–Crippen LogP) is 3.09. The van der Waals surface area contributed by atoms with Crippen molar-refractivity contribution < 1.29 is 14.3 Å². The van der Waals surface area contributed by atoms with Gasteiger partial charge in [-0.3, -0.25) is 4.79 Å². The molecule has 0 aliphatic rings. The molecule has 0 aliphatic carbocycles. The standard InChI is InChI=1S/C14H18O3/c1-4-5-11(8-9-15)13-7-6-12(16-2)10-14(13)17-3/h6-10H,4-5H2,1-3H3/b11-8-. The summed E-state index contributed by atoms with van der Waals surface area (Å²) in [5, 5.41) is 0. The third-order valence-electron chi connectivity index (χ3n) is 2.54. The lowest BCUT2D eigenvalue weighted by Crippen LogP contribution is -1.94. The fraction of sp³-hybridized carbons (Fsp3) is 0.357. The topological polar surface area (TPSA) is 35.5 Å². The minimum absolute atomic E-state index is 0.728. The molecule has 3 heteroatoms. The maximum Gasteiger partial charge on any atom is 0.143 e. The monoisotopic (exact) mass is 234 g/mol. The summed E-state index contributed by atoms with van der Waals surface area (Å²) in [5.41, 5.74) is 1.93. The Kier molecular flexibility index (Phi) is 5.27. The van der Waals surface area contributed by atoms with E-state index in [1.54, 1.807) is 20.3 Å². The van der Waals surface area contributed by atoms with E-state index in [-0.39, 0.29) is 0 Å². The molecule has 0 N–H and O–H groups in total. The van der Waals surface area contributed by atoms with Gasteiger partial charge in [0, 0.05) is 11.6 Å². The lowest BCUT2D eigenvalue weighted by atomic mass is 10.00. The largest absolute Gasteiger partial charge is 0.497 e. The SMILES string of the molecule is CCC/C(=C/C=O)c1ccc(OC)cc1OC. The Morgan fingerprint density at radius 2 is 2.06 bits per heavy atom. The van der Waals surface area contributed by atoms with E-state index in [1.165, 1.54) is 0 Å². The molecule has 0 aliphatic heterocycles. The molecule has 92 valence electrons. The molecule has 0 spiro atoms. The summed E-state index contributed by atoms with van der Waals surface area (Å²) >= 11 is 0. The molecule has 0 atom stereocenters. The average Bonchev–Trinajstić information content (AvgIpc) is 2.37. The summed E-state index contributed by atoms with van der Waals surface area (Å²) in [5.74, 6) is 1.47. The highest BCUT2D eigenvalue weighted by molar-refractivity contribution is 5.83. The van der Waals surface area contributed by atoms with Gasteiger partial charge in [-0.2, -0.15) is 0 Å². The zero-order valence-corrected chi connectivity index (χ0v) is 10.5. The third kappa shape index (κ3) is 3.34. The predicted molar refractivity (Wildman–Crippen MR) is 68.5 cm³/mol. The highest BCUT2D eigenvalue weighted by atomic mass is 16.5. The van der Waals surface area contributed by atoms with Crippen molar-refractivity contribution >= 4 is 11.9 Å². The van der Waals surface area contributed by atoms with E-state index >= 15 is 0 Å². The van der Waals surface area contributed by atoms with Crippen molar-refractivity contribution in [1.29, 1.82) is 0 Å². The fourth-order valence-corrected chi connectivity index (χ4v) is 1.72. The van der Waals surface area contributed by atoms with Gasteiger partial charge in [0.1, 0.15) is 17.8 Å². The molecule has 17 heavy (non-hydrogen) atoms. The molecule has 0 saturated carbocycles. The Bertz CT molecular complexity index is 408. The normalized spacial score (nSPS) is 11.1. The van der Waals surface area contributed by atoms with Crippen LogP contribution in [0.25, 0.3) is 5.57 Å². The summed E-state index contributed by atoms with van der Waals surface area (Å²) in [4.78, 5) is 10.6. The first-order chi connectivity index (χ1) is 8.26. The summed E-state index contributed by atoms with van der Waals surface area (Å²) in [6.07, 6.45) is 4.23. The quantitative estimate of drug-likeness (QED) is 0.560. The van der Waals surface area contributed by atoms with Crippen molar-refractivity contribution in [2.45, 2.75) is 19.8 Å². The van der Waals surface area contributed by atoms with E-state index in [9.17, 15) is 4.79 Å². The van der Waals surface area contributed by atoms with Crippen LogP contribution in [0, 0.1) is 0 Å². The van der Waals surface area contributed by atoms with E-state index in [4.69, 9.17) is 9.47 Å². The first kappa shape index (κ1) is 13.3. The number of rotatable bonds is 6. The molecule has 1 rings (SSSR count). The molecular weight excluding hydrogens is 216 g/mol. The number of allylic oxidation sites excluding steroid dienone is 2. The summed E-state index contributed by atoms with van der Waals surface area (Å²) < 4.78 is 10.5. The van der Waals surface area contributed by atoms with Crippen LogP contribution in [0.1, 0.15) is 25.3 Å². The first-order valence-corrected chi connectivity index (χ1v) is 5.63. The molecule has 0 aromatic heterocycles. The van der Waals surface area contributed by atoms with Crippen LogP contribution in [0.3, 0.4) is 0 Å². The van der Waals surface area contributed by atoms with Crippen LogP contribution in [-0.4, -0.2) is 20.5 Å². The number of ether oxygens (including phenoxy) is 2. The minimum Gasteiger partial charge on any atom is -0.497 e. The van der Waals surface area contributed by atoms with Gasteiger partial charge in [0.15, 0.2) is 0 Å². The lowest BCUT2D eigenvalue weighted by molar-refractivity contribution is -0.104. The van der Waals surface area contributed by atoms with Crippen LogP contribution < -0.4 is 9.47 Å². The second-order valence-electron chi connectivity index (χ2n) is 3.64. The Morgan fingerprint density at radius 3 is 2.59 bits per heavy atom. The third-order valence-corrected chi connectivity index (χ3v) is 2.54. The van der Waals surface area contributed by atoms with Crippen LogP contribution in [0.4, 0.5) is 0 Å². The first-order valence-electron chi connectivity index (χ1n) is 5.63. The van der Waals surface area contributed by atoms with Gasteiger partial charge in [-0.05, 0) is 30.2 Å². The zero-order chi connectivity index (χ0) is 12.7. The maximum absolute atomic E-state index is 10.6. The Balaban J connectivity index is 3.18. The van der Waals surface area contributed by atoms with Gasteiger partial charge in [0.05, 0.1) is 14.2 Å². The zero-order valence-electron chi connectivity index (χ0n) is 10.5. The summed E-state index contributed by atoms with van der Waals surface area (Å²) in [7, 11) is 3.23. The molecule has 0 fully saturated rings. The minimum atomic E-state index is 0.728. The van der Waals surface area contributed by atoms with E-state index in [2.05, 4.69) is 6.92 Å². The van der Waals surface area contributed by atoms with Crippen LogP contribution in [-0.2, 0) is 4.79 Å². The van der Waals surface area contributed by atoms with Crippen molar-refractivity contribution in [2.75, 3.05) is 14.2 Å². The molecule has 0 heterocycles. The molecule has 0 unspecified atom stereocenters. The Labute approximate surface area is 102 Å². The number of carbonyl (C=O) groups excluding carboxylic acids is 1. The van der Waals surface area contributed by atoms with E-state index in [0.717, 1.165) is 41.8 Å². The van der Waals surface area contributed by atoms with Gasteiger partial charge < -0.3 is 9.47 Å². The fourth-order valence-electron chi connectivity index (χ4n) is 1.72. The summed E-state index contributed by atoms with van der Waals surface area (Å²) in [6.45, 7) is 2.08. The number of carbonyl (C=O) groups is 1. The van der Waals surface area contributed by atoms with Gasteiger partial charge >= 0.3 is 0 Å². The Morgan fingerprint density at radius 1 is 1.29 bits per heavy atom. The molecular formula is C14H18O3. The van der Waals surface area contributed by atoms with Crippen molar-refractivity contribution in [3.8, 4) is 11.5 Å². The highest BCUT2D eigenvalue weighted by Gasteiger charge is 2.09. The van der Waals surface area contributed by atoms with Crippen LogP contribution in [0.2, 0.25) is 0 Å². The second kappa shape index (κ2) is 6.74. The van der Waals surface area contributed by atoms with Crippen LogP contribution in [0.15, 0.2) is 24.3 Å². The average molecular weight is 234 g/mol. The number of benzene rings is 1. The smallest absolute Gasteiger partial charge is 0.143 e. The van der Waals surface area contributed by atoms with Crippen molar-refractivity contribution in [1.82, 2.24) is 0 Å². The molecule has 0 radical (unpaired) electrons. The van der Waals surface area contributed by atoms with Crippen molar-refractivity contribution in [3.05, 3.63) is 29.8 Å². The van der Waals surface area contributed by atoms with Crippen molar-refractivity contribution in [2.24, 2.45) is 0 Å². The van der Waals surface area contributed by atoms with Gasteiger partial charge in [-0.15, -0.1) is 0 Å². The molecule has 0 saturated heterocycles. The summed E-state index contributed by atoms with van der Waals surface area (Å²) in [6, 6.07) is 5.61. The Hall–Kier alpha value is -1.77. The van der Waals surface area contributed by atoms with Crippen LogP contribution in [0.5, 0.6) is 11.5 Å². The van der Waals surface area contributed by atoms with E-state index in [1.807, 2.05) is 18.2 Å². The number of hydrogen-bond acceptors (Lipinski definition) is 3. The molecule has 3 nitrogen and oxygen atoms in total. The van der Waals surface area contributed by atoms with E-state index in [0.29, 0.717) is 0 Å². The number of aldehydes is 1. The maximum atomic E-state index is 10.6. The van der Waals surface area contributed by atoms with Gasteiger partial charge in [0.25, 0.3) is 0 Å². The van der Waals surface area contributed by atoms with Crippen LogP contribution >= 0.6 is 0 Å². The lowest BCUT2D eigenvalue weighted by Gasteiger charge is -2.12. The van der Waals surface area contributed by atoms with E-state index < -0.39 is 0 Å². The molecule has 0 bridgehead atoms. The number of hydrogen-bond donors (Lipinski definition) is 0. The number of methoxy groups -OCH3 is 2. The van der Waals surface area contributed by atoms with Crippen molar-refractivity contribution in [3.63, 3.8) is 0 Å². The second-order valence-corrected chi connectivity index (χ2v) is 3.64. The molecule has 1 aromatic rings. The van der Waals surface area contributed by atoms with Gasteiger partial charge in [0.2, 0.25) is 0 Å². The van der Waals surface area contributed by atoms with Gasteiger partial charge in [-0.1, -0.05) is 13.3 Å². The highest BCUT2D eigenvalue weighted by Crippen LogP contribution is 2.32.